The number of alkyl halides is 1. The molecule has 0 aromatic heterocycles. The molecule has 0 radical (unpaired) electrons. The van der Waals surface area contributed by atoms with Gasteiger partial charge in [0.1, 0.15) is 17.3 Å². The maximum Gasteiger partial charge on any atom is 0.302 e. The van der Waals surface area contributed by atoms with E-state index in [0.29, 0.717) is 5.41 Å². The third-order valence-corrected chi connectivity index (χ3v) is 13.0. The van der Waals surface area contributed by atoms with Crippen molar-refractivity contribution in [3.8, 4) is 0 Å². The van der Waals surface area contributed by atoms with Crippen LogP contribution in [-0.2, 0) is 14.3 Å². The summed E-state index contributed by atoms with van der Waals surface area (Å²) in [4.78, 5) is 11.7. The minimum absolute atomic E-state index is 0.0273. The summed E-state index contributed by atoms with van der Waals surface area (Å²) in [5, 5.41) is 0.921. The van der Waals surface area contributed by atoms with Crippen molar-refractivity contribution in [3.63, 3.8) is 0 Å². The van der Waals surface area contributed by atoms with E-state index in [2.05, 4.69) is 50.5 Å². The third-order valence-electron chi connectivity index (χ3n) is 12.1. The number of fused-ring (bicyclic) bond motifs is 4. The van der Waals surface area contributed by atoms with Crippen LogP contribution in [0.3, 0.4) is 0 Å². The Balaban J connectivity index is 1.37. The molecule has 5 aliphatic rings. The van der Waals surface area contributed by atoms with E-state index in [1.807, 2.05) is 0 Å². The van der Waals surface area contributed by atoms with Gasteiger partial charge in [-0.15, -0.1) is 0 Å². The molecule has 4 heteroatoms. The van der Waals surface area contributed by atoms with E-state index in [0.717, 1.165) is 60.1 Å². The predicted molar refractivity (Wildman–Crippen MR) is 141 cm³/mol. The van der Waals surface area contributed by atoms with Gasteiger partial charge in [-0.25, -0.2) is 0 Å². The number of hydrogen-bond donors (Lipinski definition) is 0. The smallest absolute Gasteiger partial charge is 0.302 e. The van der Waals surface area contributed by atoms with Crippen LogP contribution in [0.2, 0.25) is 0 Å². The van der Waals surface area contributed by atoms with Gasteiger partial charge in [0.05, 0.1) is 0 Å². The first-order valence-corrected chi connectivity index (χ1v) is 15.6. The zero-order chi connectivity index (χ0) is 24.5. The largest absolute Gasteiger partial charge is 0.462 e. The lowest BCUT2D eigenvalue weighted by Gasteiger charge is -2.61. The fourth-order valence-corrected chi connectivity index (χ4v) is 11.3. The molecule has 34 heavy (non-hydrogen) atoms. The van der Waals surface area contributed by atoms with Gasteiger partial charge in [-0.05, 0) is 85.9 Å². The topological polar surface area (TPSA) is 38.8 Å². The van der Waals surface area contributed by atoms with E-state index in [-0.39, 0.29) is 28.7 Å². The monoisotopic (exact) mass is 536 g/mol. The van der Waals surface area contributed by atoms with E-state index < -0.39 is 0 Å². The van der Waals surface area contributed by atoms with Crippen LogP contribution < -0.4 is 0 Å². The molecule has 0 unspecified atom stereocenters. The number of halogens is 1. The van der Waals surface area contributed by atoms with Crippen LogP contribution in [0.1, 0.15) is 112 Å². The van der Waals surface area contributed by atoms with Crippen molar-refractivity contribution in [1.82, 2.24) is 0 Å². The molecule has 0 amide bonds. The molecule has 0 N–H and O–H groups in total. The Morgan fingerprint density at radius 1 is 1.03 bits per heavy atom. The van der Waals surface area contributed by atoms with Gasteiger partial charge in [-0.3, -0.25) is 4.79 Å². The second kappa shape index (κ2) is 8.74. The van der Waals surface area contributed by atoms with Crippen molar-refractivity contribution in [1.29, 1.82) is 0 Å². The van der Waals surface area contributed by atoms with Crippen molar-refractivity contribution >= 4 is 21.9 Å². The third kappa shape index (κ3) is 3.61. The quantitative estimate of drug-likeness (QED) is 0.188. The number of carbonyl (C=O) groups excluding carboxylic acids is 1. The molecule has 1 saturated heterocycles. The molecular formula is C30H49BrO3. The highest BCUT2D eigenvalue weighted by atomic mass is 79.9. The molecule has 1 heterocycles. The summed E-state index contributed by atoms with van der Waals surface area (Å²) in [7, 11) is 0. The van der Waals surface area contributed by atoms with Gasteiger partial charge >= 0.3 is 5.97 Å². The summed E-state index contributed by atoms with van der Waals surface area (Å²) in [6.45, 7) is 14.1. The molecule has 0 aromatic rings. The molecule has 1 spiro atoms. The van der Waals surface area contributed by atoms with Crippen molar-refractivity contribution < 1.29 is 14.3 Å². The Labute approximate surface area is 217 Å². The number of rotatable bonds is 7. The van der Waals surface area contributed by atoms with Gasteiger partial charge < -0.3 is 9.47 Å². The number of hydrogen-bond acceptors (Lipinski definition) is 3. The highest BCUT2D eigenvalue weighted by Crippen LogP contribution is 2.78. The fraction of sp³-hybridized carbons (Fsp3) is 0.967. The normalized spacial score (nSPS) is 50.1. The first-order chi connectivity index (χ1) is 16.0. The number of esters is 1. The lowest BCUT2D eigenvalue weighted by Crippen LogP contribution is -2.61. The molecule has 0 aromatic carbocycles. The van der Waals surface area contributed by atoms with Gasteiger partial charge in [0.2, 0.25) is 0 Å². The van der Waals surface area contributed by atoms with Crippen LogP contribution in [0, 0.1) is 46.3 Å². The summed E-state index contributed by atoms with van der Waals surface area (Å²) >= 11 is 3.91. The Bertz CT molecular complexity index is 798. The molecule has 194 valence electrons. The zero-order valence-corrected chi connectivity index (χ0v) is 24.2. The van der Waals surface area contributed by atoms with Gasteiger partial charge in [-0.2, -0.15) is 0 Å². The predicted octanol–water partition coefficient (Wildman–Crippen LogP) is 7.94. The van der Waals surface area contributed by atoms with Crippen LogP contribution in [-0.4, -0.2) is 28.6 Å². The van der Waals surface area contributed by atoms with Gasteiger partial charge in [0.15, 0.2) is 0 Å². The van der Waals surface area contributed by atoms with Crippen LogP contribution in [0.5, 0.6) is 0 Å². The molecule has 4 aliphatic carbocycles. The van der Waals surface area contributed by atoms with Crippen LogP contribution in [0.15, 0.2) is 0 Å². The minimum atomic E-state index is -0.142. The number of epoxide rings is 1. The van der Waals surface area contributed by atoms with Crippen molar-refractivity contribution in [2.24, 2.45) is 46.3 Å². The van der Waals surface area contributed by atoms with Gasteiger partial charge in [-0.1, -0.05) is 69.8 Å². The van der Waals surface area contributed by atoms with Crippen molar-refractivity contribution in [3.05, 3.63) is 0 Å². The molecule has 4 saturated carbocycles. The average molecular weight is 538 g/mol. The highest BCUT2D eigenvalue weighted by molar-refractivity contribution is 9.09. The van der Waals surface area contributed by atoms with E-state index in [4.69, 9.17) is 9.47 Å². The highest BCUT2D eigenvalue weighted by Gasteiger charge is 2.83. The Kier molecular flexibility index (Phi) is 6.57. The molecule has 0 bridgehead atoms. The summed E-state index contributed by atoms with van der Waals surface area (Å²) in [5.41, 5.74) is 0.564. The maximum absolute atomic E-state index is 11.7. The number of ether oxygens (including phenoxy) is 2. The summed E-state index contributed by atoms with van der Waals surface area (Å²) in [6.07, 6.45) is 14.1. The van der Waals surface area contributed by atoms with Crippen molar-refractivity contribution in [2.45, 2.75) is 129 Å². The lowest BCUT2D eigenvalue weighted by atomic mass is 9.42. The Morgan fingerprint density at radius 3 is 2.47 bits per heavy atom. The molecular weight excluding hydrogens is 488 g/mol. The zero-order valence-electron chi connectivity index (χ0n) is 22.6. The van der Waals surface area contributed by atoms with Gasteiger partial charge in [0, 0.05) is 24.1 Å². The average Bonchev–Trinajstić information content (AvgIpc) is 3.26. The van der Waals surface area contributed by atoms with Crippen LogP contribution in [0.25, 0.3) is 0 Å². The first-order valence-electron chi connectivity index (χ1n) is 14.5. The second-order valence-electron chi connectivity index (χ2n) is 14.1. The molecule has 3 nitrogen and oxygen atoms in total. The van der Waals surface area contributed by atoms with Crippen molar-refractivity contribution in [2.75, 3.05) is 5.33 Å². The van der Waals surface area contributed by atoms with E-state index >= 15 is 0 Å². The van der Waals surface area contributed by atoms with E-state index in [9.17, 15) is 4.79 Å². The molecule has 5 rings (SSSR count). The standard InChI is InChI=1S/C30H49BrO3/c1-19(2)8-7-9-20(3)24-10-11-25-23-17-29(18-31)30(34-29)16-22(33-21(4)32)12-15-28(30,6)26(23)13-14-27(24,25)5/h19-20,22-26H,7-18H2,1-6H3/t20-,22+,23+,24-,25+,26+,27-,28-,29+,30-/m1/s1. The number of carbonyl (C=O) groups is 1. The van der Waals surface area contributed by atoms with Gasteiger partial charge in [0.25, 0.3) is 0 Å². The molecule has 10 atom stereocenters. The van der Waals surface area contributed by atoms with E-state index in [1.165, 1.54) is 51.4 Å². The summed E-state index contributed by atoms with van der Waals surface area (Å²) < 4.78 is 12.6. The van der Waals surface area contributed by atoms with Crippen LogP contribution >= 0.6 is 15.9 Å². The fourth-order valence-electron chi connectivity index (χ4n) is 10.5. The second-order valence-corrected chi connectivity index (χ2v) is 14.6. The summed E-state index contributed by atoms with van der Waals surface area (Å²) in [5.74, 6) is 4.83. The Hall–Kier alpha value is -0.0900. The maximum atomic E-state index is 11.7. The Morgan fingerprint density at radius 2 is 1.79 bits per heavy atom. The first kappa shape index (κ1) is 25.6. The lowest BCUT2D eigenvalue weighted by molar-refractivity contribution is -0.158. The SMILES string of the molecule is CC(=O)O[C@H]1CC[C@]2(C)[C@H]3CC[C@]4(C)[C@@H]([C@H](C)CCCC(C)C)CC[C@H]4[C@@H]3C[C@@]3(CBr)O[C@@]32C1. The van der Waals surface area contributed by atoms with E-state index in [1.54, 1.807) is 6.92 Å². The molecule has 5 fully saturated rings. The molecule has 1 aliphatic heterocycles. The minimum Gasteiger partial charge on any atom is -0.462 e. The van der Waals surface area contributed by atoms with Crippen LogP contribution in [0.4, 0.5) is 0 Å². The summed E-state index contributed by atoms with van der Waals surface area (Å²) in [6, 6.07) is 0.